The molecule has 1 saturated heterocycles. The quantitative estimate of drug-likeness (QED) is 0.645. The predicted molar refractivity (Wildman–Crippen MR) is 79.0 cm³/mol. The van der Waals surface area contributed by atoms with Gasteiger partial charge in [0.2, 0.25) is 0 Å². The van der Waals surface area contributed by atoms with E-state index in [1.165, 1.54) is 0 Å². The van der Waals surface area contributed by atoms with Crippen molar-refractivity contribution in [3.63, 3.8) is 0 Å². The first kappa shape index (κ1) is 14.0. The van der Waals surface area contributed by atoms with E-state index in [1.54, 1.807) is 6.07 Å². The maximum Gasteiger partial charge on any atom is 0.290 e. The fourth-order valence-corrected chi connectivity index (χ4v) is 2.38. The van der Waals surface area contributed by atoms with Crippen LogP contribution in [0.1, 0.15) is 5.56 Å². The van der Waals surface area contributed by atoms with Crippen LogP contribution in [0.25, 0.3) is 11.0 Å². The van der Waals surface area contributed by atoms with Gasteiger partial charge in [0.15, 0.2) is 0 Å². The van der Waals surface area contributed by atoms with Gasteiger partial charge in [-0.25, -0.2) is 4.98 Å². The Morgan fingerprint density at radius 1 is 1.38 bits per heavy atom. The minimum Gasteiger partial charge on any atom is -0.594 e. The molecular weight excluding hydrogens is 270 g/mol. The molecule has 1 aliphatic heterocycles. The minimum atomic E-state index is 0.370. The molecule has 0 amide bonds. The Morgan fingerprint density at radius 2 is 2.19 bits per heavy atom. The summed E-state index contributed by atoms with van der Waals surface area (Å²) in [5.41, 5.74) is 2.16. The van der Waals surface area contributed by atoms with E-state index in [-0.39, 0.29) is 0 Å². The van der Waals surface area contributed by atoms with Gasteiger partial charge >= 0.3 is 0 Å². The molecule has 7 nitrogen and oxygen atoms in total. The van der Waals surface area contributed by atoms with Crippen molar-refractivity contribution in [1.82, 2.24) is 15.0 Å². The largest absolute Gasteiger partial charge is 0.594 e. The van der Waals surface area contributed by atoms with Crippen molar-refractivity contribution in [1.29, 1.82) is 0 Å². The summed E-state index contributed by atoms with van der Waals surface area (Å²) in [7, 11) is 0. The van der Waals surface area contributed by atoms with Crippen molar-refractivity contribution in [2.45, 2.75) is 6.92 Å². The van der Waals surface area contributed by atoms with E-state index >= 15 is 0 Å². The van der Waals surface area contributed by atoms with E-state index in [2.05, 4.69) is 20.3 Å². The number of nitrogens with zero attached hydrogens (tertiary/aromatic N) is 4. The lowest BCUT2D eigenvalue weighted by atomic mass is 10.2. The zero-order valence-electron chi connectivity index (χ0n) is 12.1. The number of nitrogens with one attached hydrogen (secondary N) is 1. The molecule has 0 atom stereocenters. The van der Waals surface area contributed by atoms with Crippen molar-refractivity contribution in [3.05, 3.63) is 29.0 Å². The lowest BCUT2D eigenvalue weighted by Crippen LogP contribution is -2.39. The topological polar surface area (TPSA) is 77.2 Å². The third-order valence-corrected chi connectivity index (χ3v) is 3.56. The van der Waals surface area contributed by atoms with Crippen LogP contribution in [0.5, 0.6) is 0 Å². The van der Waals surface area contributed by atoms with E-state index < -0.39 is 0 Å². The van der Waals surface area contributed by atoms with Gasteiger partial charge in [-0.05, 0) is 23.4 Å². The Morgan fingerprint density at radius 3 is 3.00 bits per heavy atom. The standard InChI is InChI=1S/C14H19N5O2/c1-11-2-3-12-13(10-11)19(20)17-14(16-12)15-4-5-18-6-8-21-9-7-18/h2-3,10H,4-9H2,1H3,(H,15,16,17). The Labute approximate surface area is 123 Å². The number of ether oxygens (including phenoxy) is 1. The number of anilines is 1. The number of hydrogen-bond donors (Lipinski definition) is 1. The van der Waals surface area contributed by atoms with Crippen molar-refractivity contribution in [2.24, 2.45) is 0 Å². The number of benzene rings is 1. The molecule has 1 N–H and O–H groups in total. The number of aryl methyl sites for hydroxylation is 1. The van der Waals surface area contributed by atoms with Crippen molar-refractivity contribution in [3.8, 4) is 0 Å². The van der Waals surface area contributed by atoms with Gasteiger partial charge in [-0.1, -0.05) is 6.07 Å². The molecule has 1 fully saturated rings. The van der Waals surface area contributed by atoms with Gasteiger partial charge in [0.05, 0.1) is 18.3 Å². The van der Waals surface area contributed by atoms with E-state index in [9.17, 15) is 5.21 Å². The average Bonchev–Trinajstić information content (AvgIpc) is 2.49. The average molecular weight is 289 g/mol. The molecule has 2 heterocycles. The number of rotatable bonds is 4. The normalized spacial score (nSPS) is 16.2. The maximum absolute atomic E-state index is 11.9. The summed E-state index contributed by atoms with van der Waals surface area (Å²) in [5, 5.41) is 18.9. The van der Waals surface area contributed by atoms with Gasteiger partial charge in [-0.15, -0.1) is 0 Å². The second kappa shape index (κ2) is 6.19. The van der Waals surface area contributed by atoms with Crippen LogP contribution in [0.3, 0.4) is 0 Å². The molecule has 7 heteroatoms. The Hall–Kier alpha value is -1.99. The zero-order chi connectivity index (χ0) is 14.7. The highest BCUT2D eigenvalue weighted by atomic mass is 16.5. The summed E-state index contributed by atoms with van der Waals surface area (Å²) in [4.78, 5) is 7.32. The summed E-state index contributed by atoms with van der Waals surface area (Å²) < 4.78 is 5.31. The Bertz CT molecular complexity index is 628. The second-order valence-corrected chi connectivity index (χ2v) is 5.18. The highest BCUT2D eigenvalue weighted by Gasteiger charge is 2.12. The fourth-order valence-electron chi connectivity index (χ4n) is 2.38. The van der Waals surface area contributed by atoms with Crippen LogP contribution < -0.4 is 10.2 Å². The molecule has 1 aromatic heterocycles. The molecule has 0 radical (unpaired) electrons. The SMILES string of the molecule is Cc1ccc2nc(NCCN3CCOCC3)n[n+]([O-])c2c1. The molecule has 1 aromatic carbocycles. The van der Waals surface area contributed by atoms with Gasteiger partial charge in [-0.3, -0.25) is 4.90 Å². The van der Waals surface area contributed by atoms with Crippen molar-refractivity contribution >= 4 is 17.0 Å². The second-order valence-electron chi connectivity index (χ2n) is 5.18. The van der Waals surface area contributed by atoms with Crippen molar-refractivity contribution < 1.29 is 9.58 Å². The van der Waals surface area contributed by atoms with Gasteiger partial charge in [-0.2, -0.15) is 0 Å². The molecule has 0 spiro atoms. The highest BCUT2D eigenvalue weighted by Crippen LogP contribution is 2.10. The van der Waals surface area contributed by atoms with Gasteiger partial charge in [0, 0.05) is 32.2 Å². The Kier molecular flexibility index (Phi) is 4.12. The molecule has 112 valence electrons. The van der Waals surface area contributed by atoms with E-state index in [4.69, 9.17) is 4.74 Å². The lowest BCUT2D eigenvalue weighted by molar-refractivity contribution is -0.641. The molecule has 21 heavy (non-hydrogen) atoms. The molecule has 0 bridgehead atoms. The number of morpholine rings is 1. The summed E-state index contributed by atoms with van der Waals surface area (Å²) in [6.45, 7) is 6.99. The van der Waals surface area contributed by atoms with Crippen LogP contribution in [-0.4, -0.2) is 54.4 Å². The van der Waals surface area contributed by atoms with Crippen LogP contribution in [0.4, 0.5) is 5.95 Å². The monoisotopic (exact) mass is 289 g/mol. The molecule has 3 rings (SSSR count). The number of aromatic nitrogens is 3. The van der Waals surface area contributed by atoms with Gasteiger partial charge in [0.1, 0.15) is 5.52 Å². The van der Waals surface area contributed by atoms with Crippen LogP contribution in [-0.2, 0) is 4.74 Å². The maximum atomic E-state index is 11.9. The van der Waals surface area contributed by atoms with Crippen LogP contribution in [0.15, 0.2) is 18.2 Å². The summed E-state index contributed by atoms with van der Waals surface area (Å²) in [6, 6.07) is 5.57. The number of fused-ring (bicyclic) bond motifs is 1. The van der Waals surface area contributed by atoms with E-state index in [0.29, 0.717) is 28.4 Å². The van der Waals surface area contributed by atoms with Crippen molar-refractivity contribution in [2.75, 3.05) is 44.7 Å². The molecular formula is C14H19N5O2. The summed E-state index contributed by atoms with van der Waals surface area (Å²) in [5.74, 6) is 0.370. The first-order valence-corrected chi connectivity index (χ1v) is 7.14. The summed E-state index contributed by atoms with van der Waals surface area (Å²) >= 11 is 0. The fraction of sp³-hybridized carbons (Fsp3) is 0.500. The van der Waals surface area contributed by atoms with Crippen LogP contribution in [0.2, 0.25) is 0 Å². The van der Waals surface area contributed by atoms with E-state index in [0.717, 1.165) is 38.4 Å². The first-order chi connectivity index (χ1) is 10.2. The molecule has 2 aromatic rings. The third-order valence-electron chi connectivity index (χ3n) is 3.56. The molecule has 0 saturated carbocycles. The predicted octanol–water partition coefficient (Wildman–Crippen LogP) is 0.316. The van der Waals surface area contributed by atoms with E-state index in [1.807, 2.05) is 19.1 Å². The van der Waals surface area contributed by atoms with Crippen LogP contribution in [0, 0.1) is 12.1 Å². The first-order valence-electron chi connectivity index (χ1n) is 7.14. The van der Waals surface area contributed by atoms with Gasteiger partial charge in [0.25, 0.3) is 11.5 Å². The number of hydrogen-bond acceptors (Lipinski definition) is 6. The minimum absolute atomic E-state index is 0.370. The Balaban J connectivity index is 1.65. The zero-order valence-corrected chi connectivity index (χ0v) is 12.1. The van der Waals surface area contributed by atoms with Crippen LogP contribution >= 0.6 is 0 Å². The molecule has 0 aliphatic carbocycles. The molecule has 1 aliphatic rings. The summed E-state index contributed by atoms with van der Waals surface area (Å²) in [6.07, 6.45) is 0. The smallest absolute Gasteiger partial charge is 0.290 e. The third kappa shape index (κ3) is 3.37. The highest BCUT2D eigenvalue weighted by molar-refractivity contribution is 5.72. The lowest BCUT2D eigenvalue weighted by Gasteiger charge is -2.26. The molecule has 0 unspecified atom stereocenters. The van der Waals surface area contributed by atoms with Gasteiger partial charge < -0.3 is 15.3 Å².